The number of rotatable bonds is 11. The smallest absolute Gasteiger partial charge is 0.405 e. The maximum absolute atomic E-state index is 11.8. The van der Waals surface area contributed by atoms with Crippen molar-refractivity contribution < 1.29 is 19.6 Å². The first-order valence-electron chi connectivity index (χ1n) is 10.3. The number of nitrogens with one attached hydrogen (secondary N) is 2. The van der Waals surface area contributed by atoms with Gasteiger partial charge in [-0.15, -0.1) is 11.3 Å². The molecule has 0 saturated carbocycles. The standard InChI is InChI=1S/C23H24N4O5S/c1-2-21-24-20(14-33-21)18(12-15-8-10-17(11-9-15)27(31)32)25-22(16-6-4-3-5-7-16)19(13-28)26-23(29)30/h3-11,13-14,18-19,22,25-26H,2,12H2,1H3,(H,29,30)/t18?,19-,22+/m1/s1. The van der Waals surface area contributed by atoms with Gasteiger partial charge < -0.3 is 15.2 Å². The Morgan fingerprint density at radius 2 is 1.91 bits per heavy atom. The fraction of sp³-hybridized carbons (Fsp3) is 0.261. The molecule has 0 radical (unpaired) electrons. The molecule has 0 spiro atoms. The minimum absolute atomic E-state index is 0.000902. The first-order chi connectivity index (χ1) is 15.9. The molecule has 3 atom stereocenters. The Bertz CT molecular complexity index is 1090. The SMILES string of the molecule is CCc1nc(C(Cc2ccc([N+](=O)[O-])cc2)N[C@@H](c2ccccc2)[C@@H](C=O)NC(=O)O)cs1. The van der Waals surface area contributed by atoms with E-state index in [1.807, 2.05) is 42.6 Å². The van der Waals surface area contributed by atoms with E-state index in [2.05, 4.69) is 15.6 Å². The van der Waals surface area contributed by atoms with Gasteiger partial charge in [0.2, 0.25) is 0 Å². The molecule has 3 rings (SSSR count). The van der Waals surface area contributed by atoms with E-state index in [-0.39, 0.29) is 11.7 Å². The molecular weight excluding hydrogens is 444 g/mol. The van der Waals surface area contributed by atoms with Crippen LogP contribution in [0.4, 0.5) is 10.5 Å². The molecular formula is C23H24N4O5S. The normalized spacial score (nSPS) is 13.6. The molecule has 3 aromatic rings. The molecule has 1 aromatic heterocycles. The van der Waals surface area contributed by atoms with E-state index < -0.39 is 23.1 Å². The predicted molar refractivity (Wildman–Crippen MR) is 124 cm³/mol. The summed E-state index contributed by atoms with van der Waals surface area (Å²) < 4.78 is 0. The van der Waals surface area contributed by atoms with Gasteiger partial charge in [0.1, 0.15) is 12.3 Å². The number of carbonyl (C=O) groups is 2. The monoisotopic (exact) mass is 468 g/mol. The molecule has 10 heteroatoms. The van der Waals surface area contributed by atoms with E-state index in [0.717, 1.165) is 28.2 Å². The molecule has 1 unspecified atom stereocenters. The highest BCUT2D eigenvalue weighted by atomic mass is 32.1. The molecule has 0 fully saturated rings. The van der Waals surface area contributed by atoms with E-state index in [1.54, 1.807) is 12.1 Å². The van der Waals surface area contributed by atoms with Crippen molar-refractivity contribution in [2.24, 2.45) is 0 Å². The molecule has 1 amide bonds. The number of nitrogens with zero attached hydrogens (tertiary/aromatic N) is 2. The van der Waals surface area contributed by atoms with Gasteiger partial charge in [0.25, 0.3) is 5.69 Å². The van der Waals surface area contributed by atoms with E-state index >= 15 is 0 Å². The van der Waals surface area contributed by atoms with Crippen molar-refractivity contribution in [1.82, 2.24) is 15.6 Å². The van der Waals surface area contributed by atoms with Gasteiger partial charge >= 0.3 is 6.09 Å². The third-order valence-electron chi connectivity index (χ3n) is 5.15. The van der Waals surface area contributed by atoms with Crippen LogP contribution in [0.2, 0.25) is 0 Å². The molecule has 3 N–H and O–H groups in total. The van der Waals surface area contributed by atoms with Gasteiger partial charge in [-0.2, -0.15) is 0 Å². The van der Waals surface area contributed by atoms with Crippen LogP contribution in [0.15, 0.2) is 60.0 Å². The quantitative estimate of drug-likeness (QED) is 0.219. The minimum Gasteiger partial charge on any atom is -0.465 e. The summed E-state index contributed by atoms with van der Waals surface area (Å²) in [6, 6.07) is 13.3. The molecule has 0 aliphatic carbocycles. The van der Waals surface area contributed by atoms with Crippen molar-refractivity contribution in [1.29, 1.82) is 0 Å². The highest BCUT2D eigenvalue weighted by molar-refractivity contribution is 7.09. The molecule has 2 aromatic carbocycles. The third-order valence-corrected chi connectivity index (χ3v) is 6.16. The van der Waals surface area contributed by atoms with Crippen LogP contribution in [0, 0.1) is 10.1 Å². The number of non-ortho nitro benzene ring substituents is 1. The van der Waals surface area contributed by atoms with Gasteiger partial charge in [-0.05, 0) is 24.0 Å². The van der Waals surface area contributed by atoms with E-state index in [9.17, 15) is 24.8 Å². The summed E-state index contributed by atoms with van der Waals surface area (Å²) in [5.74, 6) is 0. The van der Waals surface area contributed by atoms with Gasteiger partial charge in [0.15, 0.2) is 0 Å². The summed E-state index contributed by atoms with van der Waals surface area (Å²) in [4.78, 5) is 38.4. The van der Waals surface area contributed by atoms with Gasteiger partial charge in [0, 0.05) is 17.5 Å². The first kappa shape index (κ1) is 24.0. The number of nitro benzene ring substituents is 1. The fourth-order valence-corrected chi connectivity index (χ4v) is 4.31. The van der Waals surface area contributed by atoms with Crippen LogP contribution in [-0.2, 0) is 17.6 Å². The molecule has 9 nitrogen and oxygen atoms in total. The number of benzene rings is 2. The highest BCUT2D eigenvalue weighted by Gasteiger charge is 2.28. The van der Waals surface area contributed by atoms with Crippen molar-refractivity contribution in [2.45, 2.75) is 37.9 Å². The summed E-state index contributed by atoms with van der Waals surface area (Å²) in [5, 5.41) is 28.8. The second-order valence-electron chi connectivity index (χ2n) is 7.37. The Kier molecular flexibility index (Phi) is 8.22. The van der Waals surface area contributed by atoms with Crippen LogP contribution in [0.1, 0.15) is 40.8 Å². The lowest BCUT2D eigenvalue weighted by molar-refractivity contribution is -0.384. The topological polar surface area (TPSA) is 134 Å². The summed E-state index contributed by atoms with van der Waals surface area (Å²) in [6.07, 6.45) is 0.477. The third kappa shape index (κ3) is 6.43. The summed E-state index contributed by atoms with van der Waals surface area (Å²) in [5.41, 5.74) is 2.34. The number of aryl methyl sites for hydroxylation is 1. The molecule has 0 bridgehead atoms. The average Bonchev–Trinajstić information content (AvgIpc) is 3.30. The molecule has 0 saturated heterocycles. The number of carbonyl (C=O) groups excluding carboxylic acids is 1. The van der Waals surface area contributed by atoms with E-state index in [4.69, 9.17) is 0 Å². The largest absolute Gasteiger partial charge is 0.465 e. The zero-order chi connectivity index (χ0) is 23.8. The minimum atomic E-state index is -1.30. The van der Waals surface area contributed by atoms with Crippen LogP contribution in [0.25, 0.3) is 0 Å². The maximum atomic E-state index is 11.8. The maximum Gasteiger partial charge on any atom is 0.405 e. The number of amides is 1. The Morgan fingerprint density at radius 1 is 1.21 bits per heavy atom. The first-order valence-corrected chi connectivity index (χ1v) is 11.2. The van der Waals surface area contributed by atoms with Crippen molar-refractivity contribution in [3.05, 3.63) is 91.9 Å². The highest BCUT2D eigenvalue weighted by Crippen LogP contribution is 2.27. The van der Waals surface area contributed by atoms with Crippen LogP contribution < -0.4 is 10.6 Å². The van der Waals surface area contributed by atoms with Crippen molar-refractivity contribution >= 4 is 29.4 Å². The van der Waals surface area contributed by atoms with E-state index in [1.165, 1.54) is 23.5 Å². The number of hydrogen-bond acceptors (Lipinski definition) is 7. The Labute approximate surface area is 194 Å². The lowest BCUT2D eigenvalue weighted by Crippen LogP contribution is -2.46. The van der Waals surface area contributed by atoms with Gasteiger partial charge in [0.05, 0.1) is 27.7 Å². The fourth-order valence-electron chi connectivity index (χ4n) is 3.51. The number of carboxylic acid groups (broad SMARTS) is 1. The van der Waals surface area contributed by atoms with E-state index in [0.29, 0.717) is 12.7 Å². The number of aromatic nitrogens is 1. The number of nitro groups is 1. The van der Waals surface area contributed by atoms with Gasteiger partial charge in [-0.3, -0.25) is 15.4 Å². The molecule has 1 heterocycles. The summed E-state index contributed by atoms with van der Waals surface area (Å²) >= 11 is 1.52. The molecule has 0 aliphatic rings. The van der Waals surface area contributed by atoms with Crippen LogP contribution in [0.3, 0.4) is 0 Å². The van der Waals surface area contributed by atoms with Crippen LogP contribution >= 0.6 is 11.3 Å². The lowest BCUT2D eigenvalue weighted by Gasteiger charge is -2.29. The van der Waals surface area contributed by atoms with Crippen molar-refractivity contribution in [3.8, 4) is 0 Å². The second-order valence-corrected chi connectivity index (χ2v) is 8.31. The number of aldehydes is 1. The Morgan fingerprint density at radius 3 is 2.45 bits per heavy atom. The molecule has 33 heavy (non-hydrogen) atoms. The molecule has 172 valence electrons. The second kappa shape index (κ2) is 11.3. The lowest BCUT2D eigenvalue weighted by atomic mass is 9.96. The number of thiazole rings is 1. The van der Waals surface area contributed by atoms with Crippen LogP contribution in [-0.4, -0.2) is 33.4 Å². The van der Waals surface area contributed by atoms with Crippen LogP contribution in [0.5, 0.6) is 0 Å². The summed E-state index contributed by atoms with van der Waals surface area (Å²) in [7, 11) is 0. The zero-order valence-electron chi connectivity index (χ0n) is 17.9. The predicted octanol–water partition coefficient (Wildman–Crippen LogP) is 4.06. The molecule has 0 aliphatic heterocycles. The van der Waals surface area contributed by atoms with Crippen molar-refractivity contribution in [3.63, 3.8) is 0 Å². The van der Waals surface area contributed by atoms with Crippen molar-refractivity contribution in [2.75, 3.05) is 0 Å². The zero-order valence-corrected chi connectivity index (χ0v) is 18.7. The number of hydrogen-bond donors (Lipinski definition) is 3. The summed E-state index contributed by atoms with van der Waals surface area (Å²) in [6.45, 7) is 2.01. The average molecular weight is 469 g/mol. The van der Waals surface area contributed by atoms with Gasteiger partial charge in [-0.25, -0.2) is 9.78 Å². The van der Waals surface area contributed by atoms with Gasteiger partial charge in [-0.1, -0.05) is 49.4 Å². The Hall–Kier alpha value is -3.63. The Balaban J connectivity index is 1.96.